The van der Waals surface area contributed by atoms with Gasteiger partial charge in [-0.2, -0.15) is 4.98 Å². The molecule has 72 valence electrons. The zero-order valence-corrected chi connectivity index (χ0v) is 8.00. The minimum atomic E-state index is -0.363. The number of nitrogens with one attached hydrogen (secondary N) is 2. The van der Waals surface area contributed by atoms with E-state index in [2.05, 4.69) is 30.1 Å². The number of carbonyl (C=O) groups excluding carboxylic acids is 1. The summed E-state index contributed by atoms with van der Waals surface area (Å²) in [6.07, 6.45) is 0. The molecule has 0 saturated carbocycles. The second-order valence-corrected chi connectivity index (χ2v) is 3.10. The summed E-state index contributed by atoms with van der Waals surface area (Å²) in [5.74, 6) is 0.509. The van der Waals surface area contributed by atoms with Crippen molar-refractivity contribution in [1.29, 1.82) is 0 Å². The standard InChI is InChI=1S/C6H6N6OS/c1-3-7-6(11-9-3)8-5(13)4-2-14-12-10-4/h2H,1H3,(H2,7,8,9,11,13). The third-order valence-corrected chi connectivity index (χ3v) is 1.92. The number of hydrogen-bond donors (Lipinski definition) is 2. The summed E-state index contributed by atoms with van der Waals surface area (Å²) >= 11 is 1.11. The van der Waals surface area contributed by atoms with E-state index in [1.165, 1.54) is 0 Å². The van der Waals surface area contributed by atoms with E-state index in [-0.39, 0.29) is 17.5 Å². The Morgan fingerprint density at radius 1 is 1.64 bits per heavy atom. The third-order valence-electron chi connectivity index (χ3n) is 1.42. The topological polar surface area (TPSA) is 96.5 Å². The summed E-state index contributed by atoms with van der Waals surface area (Å²) in [7, 11) is 0. The summed E-state index contributed by atoms with van der Waals surface area (Å²) in [5, 5.41) is 14.0. The van der Waals surface area contributed by atoms with Crippen molar-refractivity contribution >= 4 is 23.4 Å². The van der Waals surface area contributed by atoms with Gasteiger partial charge in [-0.3, -0.25) is 15.2 Å². The van der Waals surface area contributed by atoms with Crippen LogP contribution in [0.1, 0.15) is 16.3 Å². The molecule has 0 fully saturated rings. The minimum absolute atomic E-state index is 0.237. The number of amides is 1. The Morgan fingerprint density at radius 3 is 3.07 bits per heavy atom. The molecule has 0 atom stereocenters. The van der Waals surface area contributed by atoms with Crippen molar-refractivity contribution < 1.29 is 4.79 Å². The molecule has 1 amide bonds. The van der Waals surface area contributed by atoms with Crippen LogP contribution in [0.25, 0.3) is 0 Å². The van der Waals surface area contributed by atoms with Crippen molar-refractivity contribution in [3.8, 4) is 0 Å². The normalized spacial score (nSPS) is 10.1. The molecule has 2 rings (SSSR count). The van der Waals surface area contributed by atoms with Gasteiger partial charge in [0.15, 0.2) is 5.69 Å². The number of aromatic amines is 1. The Balaban J connectivity index is 2.09. The van der Waals surface area contributed by atoms with Gasteiger partial charge in [-0.25, -0.2) is 0 Å². The largest absolute Gasteiger partial charge is 0.288 e. The molecule has 8 heteroatoms. The molecule has 2 aromatic heterocycles. The fourth-order valence-corrected chi connectivity index (χ4v) is 1.26. The molecule has 0 aliphatic rings. The predicted molar refractivity (Wildman–Crippen MR) is 49.0 cm³/mol. The molecular weight excluding hydrogens is 204 g/mol. The van der Waals surface area contributed by atoms with E-state index in [4.69, 9.17) is 0 Å². The van der Waals surface area contributed by atoms with Crippen LogP contribution in [0.4, 0.5) is 5.95 Å². The van der Waals surface area contributed by atoms with Crippen LogP contribution in [0, 0.1) is 6.92 Å². The Kier molecular flexibility index (Phi) is 2.19. The molecule has 0 unspecified atom stereocenters. The van der Waals surface area contributed by atoms with Gasteiger partial charge in [-0.15, -0.1) is 10.2 Å². The number of rotatable bonds is 2. The van der Waals surface area contributed by atoms with Gasteiger partial charge in [0.2, 0.25) is 5.95 Å². The molecule has 0 spiro atoms. The van der Waals surface area contributed by atoms with Crippen LogP contribution in [-0.2, 0) is 0 Å². The van der Waals surface area contributed by atoms with Crippen LogP contribution in [0.15, 0.2) is 5.38 Å². The maximum atomic E-state index is 11.4. The highest BCUT2D eigenvalue weighted by Gasteiger charge is 2.10. The highest BCUT2D eigenvalue weighted by Crippen LogP contribution is 2.02. The monoisotopic (exact) mass is 210 g/mol. The molecule has 0 aliphatic carbocycles. The van der Waals surface area contributed by atoms with Crippen molar-refractivity contribution in [3.05, 3.63) is 16.9 Å². The van der Waals surface area contributed by atoms with E-state index >= 15 is 0 Å². The SMILES string of the molecule is Cc1nc(NC(=O)c2csnn2)n[nH]1. The number of carbonyl (C=O) groups is 1. The lowest BCUT2D eigenvalue weighted by Gasteiger charge is -1.94. The van der Waals surface area contributed by atoms with Gasteiger partial charge in [0.25, 0.3) is 5.91 Å². The zero-order chi connectivity index (χ0) is 9.97. The third kappa shape index (κ3) is 1.74. The first kappa shape index (κ1) is 8.75. The number of anilines is 1. The second kappa shape index (κ2) is 3.50. The molecular formula is C6H6N6OS. The van der Waals surface area contributed by atoms with Crippen molar-refractivity contribution in [2.75, 3.05) is 5.32 Å². The van der Waals surface area contributed by atoms with Crippen LogP contribution >= 0.6 is 11.5 Å². The van der Waals surface area contributed by atoms with Crippen molar-refractivity contribution in [1.82, 2.24) is 24.8 Å². The fraction of sp³-hybridized carbons (Fsp3) is 0.167. The minimum Gasteiger partial charge on any atom is -0.288 e. The van der Waals surface area contributed by atoms with Gasteiger partial charge < -0.3 is 0 Å². The molecule has 2 heterocycles. The smallest absolute Gasteiger partial charge is 0.279 e. The lowest BCUT2D eigenvalue weighted by atomic mass is 10.5. The molecule has 7 nitrogen and oxygen atoms in total. The fourth-order valence-electron chi connectivity index (χ4n) is 0.828. The van der Waals surface area contributed by atoms with Crippen molar-refractivity contribution in [2.45, 2.75) is 6.92 Å². The first-order chi connectivity index (χ1) is 6.75. The number of aryl methyl sites for hydroxylation is 1. The average Bonchev–Trinajstić information content (AvgIpc) is 2.75. The lowest BCUT2D eigenvalue weighted by Crippen LogP contribution is -2.13. The maximum Gasteiger partial charge on any atom is 0.279 e. The van der Waals surface area contributed by atoms with Gasteiger partial charge in [-0.05, 0) is 18.5 Å². The van der Waals surface area contributed by atoms with Crippen molar-refractivity contribution in [2.24, 2.45) is 0 Å². The van der Waals surface area contributed by atoms with Crippen LogP contribution < -0.4 is 5.32 Å². The van der Waals surface area contributed by atoms with E-state index in [9.17, 15) is 4.79 Å². The summed E-state index contributed by atoms with van der Waals surface area (Å²) < 4.78 is 3.57. The Labute approximate surface area is 82.7 Å². The summed E-state index contributed by atoms with van der Waals surface area (Å²) in [5.41, 5.74) is 0.262. The quantitative estimate of drug-likeness (QED) is 0.738. The number of nitrogens with zero attached hydrogens (tertiary/aromatic N) is 4. The second-order valence-electron chi connectivity index (χ2n) is 2.49. The van der Waals surface area contributed by atoms with E-state index in [0.29, 0.717) is 5.82 Å². The first-order valence-corrected chi connectivity index (χ1v) is 4.57. The summed E-state index contributed by atoms with van der Waals surface area (Å²) in [6, 6.07) is 0. The van der Waals surface area contributed by atoms with E-state index in [1.54, 1.807) is 12.3 Å². The number of aromatic nitrogens is 5. The van der Waals surface area contributed by atoms with Gasteiger partial charge >= 0.3 is 0 Å². The lowest BCUT2D eigenvalue weighted by molar-refractivity contribution is 0.102. The number of H-pyrrole nitrogens is 1. The molecule has 14 heavy (non-hydrogen) atoms. The van der Waals surface area contributed by atoms with Gasteiger partial charge in [0.05, 0.1) is 0 Å². The van der Waals surface area contributed by atoms with Gasteiger partial charge in [0.1, 0.15) is 5.82 Å². The van der Waals surface area contributed by atoms with Crippen LogP contribution in [0.2, 0.25) is 0 Å². The maximum absolute atomic E-state index is 11.4. The molecule has 0 radical (unpaired) electrons. The number of hydrogen-bond acceptors (Lipinski definition) is 6. The predicted octanol–water partition coefficient (Wildman–Crippen LogP) is 0.217. The molecule has 0 aliphatic heterocycles. The Bertz CT molecular complexity index is 435. The summed E-state index contributed by atoms with van der Waals surface area (Å²) in [4.78, 5) is 15.3. The van der Waals surface area contributed by atoms with E-state index in [0.717, 1.165) is 11.5 Å². The molecule has 0 saturated heterocycles. The molecule has 2 aromatic rings. The molecule has 0 bridgehead atoms. The highest BCUT2D eigenvalue weighted by molar-refractivity contribution is 7.03. The van der Waals surface area contributed by atoms with Crippen LogP contribution in [0.5, 0.6) is 0 Å². The van der Waals surface area contributed by atoms with E-state index in [1.807, 2.05) is 0 Å². The molecule has 0 aromatic carbocycles. The van der Waals surface area contributed by atoms with E-state index < -0.39 is 0 Å². The Hall–Kier alpha value is -1.83. The highest BCUT2D eigenvalue weighted by atomic mass is 32.1. The summed E-state index contributed by atoms with van der Waals surface area (Å²) in [6.45, 7) is 1.74. The first-order valence-electron chi connectivity index (χ1n) is 3.73. The van der Waals surface area contributed by atoms with Gasteiger partial charge in [-0.1, -0.05) is 4.49 Å². The van der Waals surface area contributed by atoms with Crippen molar-refractivity contribution in [3.63, 3.8) is 0 Å². The Morgan fingerprint density at radius 2 is 2.50 bits per heavy atom. The van der Waals surface area contributed by atoms with Gasteiger partial charge in [0, 0.05) is 5.38 Å². The average molecular weight is 210 g/mol. The molecule has 2 N–H and O–H groups in total. The van der Waals surface area contributed by atoms with Crippen LogP contribution in [-0.4, -0.2) is 30.7 Å². The zero-order valence-electron chi connectivity index (χ0n) is 7.18. The van der Waals surface area contributed by atoms with Crippen LogP contribution in [0.3, 0.4) is 0 Å².